The van der Waals surface area contributed by atoms with E-state index in [0.717, 1.165) is 31.0 Å². The highest BCUT2D eigenvalue weighted by Crippen LogP contribution is 2.25. The summed E-state index contributed by atoms with van der Waals surface area (Å²) in [5.41, 5.74) is 4.94. The van der Waals surface area contributed by atoms with Crippen LogP contribution in [0, 0.1) is 26.7 Å². The molecule has 0 radical (unpaired) electrons. The normalized spacial score (nSPS) is 24.1. The highest BCUT2D eigenvalue weighted by atomic mass is 16.5. The molecule has 1 N–H and O–H groups in total. The molecule has 1 aliphatic rings. The summed E-state index contributed by atoms with van der Waals surface area (Å²) in [7, 11) is 0. The molecule has 0 spiro atoms. The number of aryl methyl sites for hydroxylation is 3. The Morgan fingerprint density at radius 1 is 1.40 bits per heavy atom. The Labute approximate surface area is 123 Å². The van der Waals surface area contributed by atoms with Gasteiger partial charge in [-0.05, 0) is 63.6 Å². The lowest BCUT2D eigenvalue weighted by atomic mass is 9.97. The molecule has 1 saturated heterocycles. The van der Waals surface area contributed by atoms with E-state index in [1.54, 1.807) is 0 Å². The van der Waals surface area contributed by atoms with Crippen molar-refractivity contribution in [1.29, 1.82) is 0 Å². The molecule has 3 atom stereocenters. The third kappa shape index (κ3) is 3.39. The number of nitrogens with zero attached hydrogens (tertiary/aromatic N) is 1. The fourth-order valence-corrected chi connectivity index (χ4v) is 3.50. The number of hydrogen-bond acceptors (Lipinski definition) is 3. The van der Waals surface area contributed by atoms with Crippen LogP contribution in [0.15, 0.2) is 6.07 Å². The minimum absolute atomic E-state index is 0.348. The highest BCUT2D eigenvalue weighted by Gasteiger charge is 2.27. The molecule has 0 saturated carbocycles. The van der Waals surface area contributed by atoms with Crippen molar-refractivity contribution in [2.24, 2.45) is 5.92 Å². The van der Waals surface area contributed by atoms with Crippen LogP contribution in [0.3, 0.4) is 0 Å². The molecule has 2 rings (SSSR count). The van der Waals surface area contributed by atoms with E-state index in [1.807, 2.05) is 0 Å². The first-order valence-corrected chi connectivity index (χ1v) is 7.82. The zero-order chi connectivity index (χ0) is 14.7. The van der Waals surface area contributed by atoms with Gasteiger partial charge in [-0.2, -0.15) is 0 Å². The summed E-state index contributed by atoms with van der Waals surface area (Å²) in [6.07, 6.45) is 2.74. The van der Waals surface area contributed by atoms with Crippen LogP contribution >= 0.6 is 0 Å². The van der Waals surface area contributed by atoms with E-state index < -0.39 is 0 Å². The van der Waals surface area contributed by atoms with Crippen molar-refractivity contribution in [2.45, 2.75) is 59.6 Å². The number of nitrogens with one attached hydrogen (secondary N) is 1. The lowest BCUT2D eigenvalue weighted by molar-refractivity contribution is 0.0867. The van der Waals surface area contributed by atoms with E-state index in [-0.39, 0.29) is 0 Å². The monoisotopic (exact) mass is 276 g/mol. The minimum atomic E-state index is 0.348. The second kappa shape index (κ2) is 6.68. The molecule has 0 bridgehead atoms. The molecular formula is C17H28N2O. The quantitative estimate of drug-likeness (QED) is 0.894. The van der Waals surface area contributed by atoms with Crippen molar-refractivity contribution >= 4 is 0 Å². The van der Waals surface area contributed by atoms with Crippen LogP contribution < -0.4 is 5.32 Å². The summed E-state index contributed by atoms with van der Waals surface area (Å²) in [5, 5.41) is 3.69. The number of pyridine rings is 1. The molecule has 0 aromatic carbocycles. The van der Waals surface area contributed by atoms with Gasteiger partial charge < -0.3 is 10.1 Å². The molecule has 112 valence electrons. The lowest BCUT2D eigenvalue weighted by Gasteiger charge is -2.23. The van der Waals surface area contributed by atoms with Gasteiger partial charge in [-0.1, -0.05) is 6.92 Å². The molecule has 2 heterocycles. The average Bonchev–Trinajstić information content (AvgIpc) is 2.82. The van der Waals surface area contributed by atoms with Gasteiger partial charge in [0.25, 0.3) is 0 Å². The zero-order valence-electron chi connectivity index (χ0n) is 13.5. The molecule has 1 fully saturated rings. The smallest absolute Gasteiger partial charge is 0.0613 e. The SMILES string of the molecule is CCC1OCCC1CNC(C)c1c(C)cc(C)nc1C. The lowest BCUT2D eigenvalue weighted by Crippen LogP contribution is -2.30. The first-order chi connectivity index (χ1) is 9.52. The Balaban J connectivity index is 2.00. The predicted octanol–water partition coefficient (Wildman–Crippen LogP) is 3.47. The summed E-state index contributed by atoms with van der Waals surface area (Å²) in [6, 6.07) is 2.52. The maximum Gasteiger partial charge on any atom is 0.0613 e. The topological polar surface area (TPSA) is 34.1 Å². The molecular weight excluding hydrogens is 248 g/mol. The summed E-state index contributed by atoms with van der Waals surface area (Å²) in [6.45, 7) is 12.8. The fourth-order valence-electron chi connectivity index (χ4n) is 3.50. The zero-order valence-corrected chi connectivity index (χ0v) is 13.5. The Morgan fingerprint density at radius 3 is 2.80 bits per heavy atom. The van der Waals surface area contributed by atoms with E-state index in [2.05, 4.69) is 51.0 Å². The first kappa shape index (κ1) is 15.5. The van der Waals surface area contributed by atoms with Gasteiger partial charge in [-0.3, -0.25) is 4.98 Å². The van der Waals surface area contributed by atoms with Crippen LogP contribution in [0.1, 0.15) is 55.2 Å². The maximum atomic E-state index is 5.76. The summed E-state index contributed by atoms with van der Waals surface area (Å²) in [4.78, 5) is 4.60. The van der Waals surface area contributed by atoms with Crippen molar-refractivity contribution in [2.75, 3.05) is 13.2 Å². The van der Waals surface area contributed by atoms with Gasteiger partial charge in [0.2, 0.25) is 0 Å². The third-order valence-electron chi connectivity index (χ3n) is 4.45. The third-order valence-corrected chi connectivity index (χ3v) is 4.45. The Bertz CT molecular complexity index is 435. The Kier molecular flexibility index (Phi) is 5.17. The van der Waals surface area contributed by atoms with Crippen LogP contribution in [0.2, 0.25) is 0 Å². The number of ether oxygens (including phenoxy) is 1. The Morgan fingerprint density at radius 2 is 2.15 bits per heavy atom. The molecule has 20 heavy (non-hydrogen) atoms. The fraction of sp³-hybridized carbons (Fsp3) is 0.706. The van der Waals surface area contributed by atoms with Gasteiger partial charge in [0, 0.05) is 30.6 Å². The number of rotatable bonds is 5. The van der Waals surface area contributed by atoms with Crippen molar-refractivity contribution in [3.63, 3.8) is 0 Å². The summed E-state index contributed by atoms with van der Waals surface area (Å²) < 4.78 is 5.76. The molecule has 1 aromatic rings. The van der Waals surface area contributed by atoms with Crippen molar-refractivity contribution in [3.05, 3.63) is 28.6 Å². The van der Waals surface area contributed by atoms with Gasteiger partial charge >= 0.3 is 0 Å². The molecule has 3 heteroatoms. The van der Waals surface area contributed by atoms with Crippen LogP contribution in [-0.2, 0) is 4.74 Å². The minimum Gasteiger partial charge on any atom is -0.378 e. The molecule has 0 amide bonds. The number of hydrogen-bond donors (Lipinski definition) is 1. The van der Waals surface area contributed by atoms with E-state index in [1.165, 1.54) is 17.5 Å². The average molecular weight is 276 g/mol. The van der Waals surface area contributed by atoms with Crippen LogP contribution in [0.5, 0.6) is 0 Å². The standard InChI is InChI=1S/C17H28N2O/c1-6-16-15(7-8-20-16)10-18-13(4)17-11(2)9-12(3)19-14(17)5/h9,13,15-16,18H,6-8,10H2,1-5H3. The molecule has 3 nitrogen and oxygen atoms in total. The van der Waals surface area contributed by atoms with Crippen molar-refractivity contribution < 1.29 is 4.74 Å². The number of aromatic nitrogens is 1. The van der Waals surface area contributed by atoms with Crippen LogP contribution in [0.25, 0.3) is 0 Å². The first-order valence-electron chi connectivity index (χ1n) is 7.82. The summed E-state index contributed by atoms with van der Waals surface area (Å²) in [5.74, 6) is 0.654. The predicted molar refractivity (Wildman–Crippen MR) is 83.0 cm³/mol. The van der Waals surface area contributed by atoms with Crippen molar-refractivity contribution in [3.8, 4) is 0 Å². The van der Waals surface area contributed by atoms with Crippen LogP contribution in [0.4, 0.5) is 0 Å². The van der Waals surface area contributed by atoms with Crippen molar-refractivity contribution in [1.82, 2.24) is 10.3 Å². The molecule has 0 aliphatic carbocycles. The molecule has 1 aromatic heterocycles. The highest BCUT2D eigenvalue weighted by molar-refractivity contribution is 5.33. The molecule has 1 aliphatic heterocycles. The van der Waals surface area contributed by atoms with Gasteiger partial charge in [0.05, 0.1) is 6.10 Å². The second-order valence-corrected chi connectivity index (χ2v) is 6.08. The Hall–Kier alpha value is -0.930. The van der Waals surface area contributed by atoms with E-state index >= 15 is 0 Å². The second-order valence-electron chi connectivity index (χ2n) is 6.08. The van der Waals surface area contributed by atoms with Gasteiger partial charge in [-0.15, -0.1) is 0 Å². The van der Waals surface area contributed by atoms with E-state index in [9.17, 15) is 0 Å². The maximum absolute atomic E-state index is 5.76. The largest absolute Gasteiger partial charge is 0.378 e. The van der Waals surface area contributed by atoms with Gasteiger partial charge in [0.1, 0.15) is 0 Å². The van der Waals surface area contributed by atoms with Gasteiger partial charge in [-0.25, -0.2) is 0 Å². The summed E-state index contributed by atoms with van der Waals surface area (Å²) >= 11 is 0. The molecule has 3 unspecified atom stereocenters. The van der Waals surface area contributed by atoms with E-state index in [0.29, 0.717) is 18.1 Å². The van der Waals surface area contributed by atoms with E-state index in [4.69, 9.17) is 4.74 Å². The van der Waals surface area contributed by atoms with Crippen LogP contribution in [-0.4, -0.2) is 24.2 Å². The van der Waals surface area contributed by atoms with Gasteiger partial charge in [0.15, 0.2) is 0 Å².